The third-order valence-electron chi connectivity index (χ3n) is 5.37. The number of hydrogen-bond acceptors (Lipinski definition) is 3. The molecule has 5 nitrogen and oxygen atoms in total. The summed E-state index contributed by atoms with van der Waals surface area (Å²) in [4.78, 5) is 14.8. The summed E-state index contributed by atoms with van der Waals surface area (Å²) in [7, 11) is -3.49. The van der Waals surface area contributed by atoms with Crippen LogP contribution in [0.15, 0.2) is 24.3 Å². The third-order valence-corrected chi connectivity index (χ3v) is 7.22. The van der Waals surface area contributed by atoms with E-state index in [2.05, 4.69) is 6.92 Å². The molecule has 1 aromatic rings. The van der Waals surface area contributed by atoms with Crippen molar-refractivity contribution in [2.24, 2.45) is 5.92 Å². The number of nitrogens with zero attached hydrogens (tertiary/aromatic N) is 2. The molecule has 0 unspecified atom stereocenters. The van der Waals surface area contributed by atoms with Crippen LogP contribution < -0.4 is 0 Å². The van der Waals surface area contributed by atoms with Crippen molar-refractivity contribution in [1.82, 2.24) is 9.21 Å². The summed E-state index contributed by atoms with van der Waals surface area (Å²) >= 11 is 0. The first kappa shape index (κ1) is 18.4. The van der Waals surface area contributed by atoms with Crippen LogP contribution in [0.2, 0.25) is 0 Å². The highest BCUT2D eigenvalue weighted by atomic mass is 32.2. The summed E-state index contributed by atoms with van der Waals surface area (Å²) in [5.74, 6) is 0.612. The molecule has 1 aromatic carbocycles. The lowest BCUT2D eigenvalue weighted by Crippen LogP contribution is -2.50. The average Bonchev–Trinajstić information content (AvgIpc) is 3.05. The number of hydrogen-bond donors (Lipinski definition) is 0. The molecule has 2 aliphatic heterocycles. The van der Waals surface area contributed by atoms with Gasteiger partial charge in [0.1, 0.15) is 6.04 Å². The van der Waals surface area contributed by atoms with Crippen molar-refractivity contribution in [1.29, 1.82) is 0 Å². The number of sulfonamides is 1. The molecule has 25 heavy (non-hydrogen) atoms. The fraction of sp³-hybridized carbons (Fsp3) is 0.632. The minimum atomic E-state index is -3.49. The smallest absolute Gasteiger partial charge is 0.241 e. The maximum Gasteiger partial charge on any atom is 0.241 e. The lowest BCUT2D eigenvalue weighted by Gasteiger charge is -2.34. The Morgan fingerprint density at radius 2 is 1.88 bits per heavy atom. The Hall–Kier alpha value is -1.40. The fourth-order valence-corrected chi connectivity index (χ4v) is 5.61. The van der Waals surface area contributed by atoms with E-state index in [1.807, 2.05) is 36.1 Å². The Morgan fingerprint density at radius 3 is 2.56 bits per heavy atom. The van der Waals surface area contributed by atoms with Crippen LogP contribution in [0.5, 0.6) is 0 Å². The summed E-state index contributed by atoms with van der Waals surface area (Å²) in [6.45, 7) is 6.12. The van der Waals surface area contributed by atoms with Crippen molar-refractivity contribution >= 4 is 15.9 Å². The molecular weight excluding hydrogens is 336 g/mol. The third kappa shape index (κ3) is 4.23. The van der Waals surface area contributed by atoms with Gasteiger partial charge in [-0.2, -0.15) is 4.31 Å². The van der Waals surface area contributed by atoms with Gasteiger partial charge in [-0.05, 0) is 44.1 Å². The summed E-state index contributed by atoms with van der Waals surface area (Å²) in [5, 5.41) is 0. The molecule has 3 rings (SSSR count). The molecule has 1 atom stereocenters. The van der Waals surface area contributed by atoms with E-state index in [-0.39, 0.29) is 11.7 Å². The molecule has 0 radical (unpaired) electrons. The lowest BCUT2D eigenvalue weighted by atomic mass is 9.98. The van der Waals surface area contributed by atoms with Crippen molar-refractivity contribution in [3.63, 3.8) is 0 Å². The van der Waals surface area contributed by atoms with Crippen LogP contribution in [0.25, 0.3) is 0 Å². The van der Waals surface area contributed by atoms with Crippen LogP contribution in [0.3, 0.4) is 0 Å². The number of rotatable bonds is 4. The predicted molar refractivity (Wildman–Crippen MR) is 98.5 cm³/mol. The van der Waals surface area contributed by atoms with E-state index in [0.29, 0.717) is 18.9 Å². The van der Waals surface area contributed by atoms with Gasteiger partial charge in [0, 0.05) is 19.6 Å². The molecule has 138 valence electrons. The number of amides is 1. The van der Waals surface area contributed by atoms with Crippen molar-refractivity contribution in [2.75, 3.05) is 19.6 Å². The molecule has 0 N–H and O–H groups in total. The average molecular weight is 365 g/mol. The summed E-state index contributed by atoms with van der Waals surface area (Å²) in [6.07, 6.45) is 3.41. The first-order valence-electron chi connectivity index (χ1n) is 9.20. The van der Waals surface area contributed by atoms with Crippen LogP contribution in [-0.2, 0) is 20.6 Å². The zero-order valence-corrected chi connectivity index (χ0v) is 16.0. The number of likely N-dealkylation sites (tertiary alicyclic amines) is 1. The van der Waals surface area contributed by atoms with Gasteiger partial charge in [0.15, 0.2) is 0 Å². The van der Waals surface area contributed by atoms with Gasteiger partial charge < -0.3 is 4.90 Å². The van der Waals surface area contributed by atoms with Gasteiger partial charge in [-0.15, -0.1) is 0 Å². The monoisotopic (exact) mass is 364 g/mol. The quantitative estimate of drug-likeness (QED) is 0.825. The van der Waals surface area contributed by atoms with Gasteiger partial charge in [-0.1, -0.05) is 36.8 Å². The number of benzene rings is 1. The van der Waals surface area contributed by atoms with Crippen LogP contribution in [0.4, 0.5) is 0 Å². The molecular formula is C19H28N2O3S. The second kappa shape index (κ2) is 7.46. The first-order valence-corrected chi connectivity index (χ1v) is 10.8. The molecule has 0 saturated carbocycles. The van der Waals surface area contributed by atoms with Crippen LogP contribution in [0.1, 0.15) is 43.7 Å². The van der Waals surface area contributed by atoms with Gasteiger partial charge in [-0.3, -0.25) is 4.79 Å². The molecule has 6 heteroatoms. The standard InChI is InChI=1S/C19H28N2O3S/c1-15-8-11-20(12-9-15)19(22)18-7-4-10-21(18)25(23,24)14-17-6-3-5-16(2)13-17/h3,5-6,13,15,18H,4,7-12,14H2,1-2H3/t18-/m0/s1. The molecule has 0 bridgehead atoms. The Morgan fingerprint density at radius 1 is 1.16 bits per heavy atom. The maximum atomic E-state index is 12.9. The van der Waals surface area contributed by atoms with E-state index in [0.717, 1.165) is 43.5 Å². The van der Waals surface area contributed by atoms with E-state index < -0.39 is 16.1 Å². The normalized spacial score (nSPS) is 23.1. The molecule has 2 saturated heterocycles. The zero-order valence-electron chi connectivity index (χ0n) is 15.1. The SMILES string of the molecule is Cc1cccc(CS(=O)(=O)N2CCC[C@H]2C(=O)N2CCC(C)CC2)c1. The Labute approximate surface area is 151 Å². The van der Waals surface area contributed by atoms with Crippen LogP contribution in [-0.4, -0.2) is 49.2 Å². The van der Waals surface area contributed by atoms with Gasteiger partial charge in [0.2, 0.25) is 15.9 Å². The summed E-state index contributed by atoms with van der Waals surface area (Å²) in [6, 6.07) is 7.06. The molecule has 0 spiro atoms. The van der Waals surface area contributed by atoms with Crippen LogP contribution >= 0.6 is 0 Å². The first-order chi connectivity index (χ1) is 11.9. The van der Waals surface area contributed by atoms with Gasteiger partial charge in [0.25, 0.3) is 0 Å². The summed E-state index contributed by atoms with van der Waals surface area (Å²) < 4.78 is 27.3. The Balaban J connectivity index is 1.72. The number of carbonyl (C=O) groups is 1. The Kier molecular flexibility index (Phi) is 5.49. The topological polar surface area (TPSA) is 57.7 Å². The largest absolute Gasteiger partial charge is 0.341 e. The minimum Gasteiger partial charge on any atom is -0.341 e. The number of piperidine rings is 1. The van der Waals surface area contributed by atoms with Crippen molar-refractivity contribution in [3.8, 4) is 0 Å². The van der Waals surface area contributed by atoms with Crippen molar-refractivity contribution < 1.29 is 13.2 Å². The van der Waals surface area contributed by atoms with E-state index in [1.165, 1.54) is 4.31 Å². The summed E-state index contributed by atoms with van der Waals surface area (Å²) in [5.41, 5.74) is 1.83. The van der Waals surface area contributed by atoms with E-state index in [1.54, 1.807) is 0 Å². The molecule has 0 aromatic heterocycles. The number of aryl methyl sites for hydroxylation is 1. The van der Waals surface area contributed by atoms with E-state index in [9.17, 15) is 13.2 Å². The number of carbonyl (C=O) groups excluding carboxylic acids is 1. The molecule has 2 fully saturated rings. The highest BCUT2D eigenvalue weighted by Gasteiger charge is 2.40. The zero-order chi connectivity index (χ0) is 18.0. The lowest BCUT2D eigenvalue weighted by molar-refractivity contribution is -0.135. The fourth-order valence-electron chi connectivity index (χ4n) is 3.86. The van der Waals surface area contributed by atoms with E-state index >= 15 is 0 Å². The van der Waals surface area contributed by atoms with Crippen LogP contribution in [0, 0.1) is 12.8 Å². The Bertz CT molecular complexity index is 724. The maximum absolute atomic E-state index is 12.9. The highest BCUT2D eigenvalue weighted by Crippen LogP contribution is 2.27. The van der Waals surface area contributed by atoms with Gasteiger partial charge in [-0.25, -0.2) is 8.42 Å². The molecule has 0 aliphatic carbocycles. The van der Waals surface area contributed by atoms with Crippen molar-refractivity contribution in [2.45, 2.75) is 51.3 Å². The second-order valence-electron chi connectivity index (χ2n) is 7.52. The molecule has 2 aliphatic rings. The minimum absolute atomic E-state index is 0.00258. The molecule has 2 heterocycles. The van der Waals surface area contributed by atoms with E-state index in [4.69, 9.17) is 0 Å². The van der Waals surface area contributed by atoms with Gasteiger partial charge in [0.05, 0.1) is 5.75 Å². The predicted octanol–water partition coefficient (Wildman–Crippen LogP) is 2.55. The second-order valence-corrected chi connectivity index (χ2v) is 9.44. The highest BCUT2D eigenvalue weighted by molar-refractivity contribution is 7.88. The molecule has 1 amide bonds. The van der Waals surface area contributed by atoms with Crippen molar-refractivity contribution in [3.05, 3.63) is 35.4 Å². The van der Waals surface area contributed by atoms with Gasteiger partial charge >= 0.3 is 0 Å².